The maximum atomic E-state index is 10.6. The minimum absolute atomic E-state index is 0.616. The van der Waals surface area contributed by atoms with Crippen LogP contribution >= 0.6 is 0 Å². The molecule has 80 valence electrons. The third kappa shape index (κ3) is 2.28. The van der Waals surface area contributed by atoms with Crippen LogP contribution in [0.3, 0.4) is 0 Å². The van der Waals surface area contributed by atoms with Gasteiger partial charge >= 0.3 is 0 Å². The zero-order valence-corrected chi connectivity index (χ0v) is 9.03. The first kappa shape index (κ1) is 10.4. The predicted molar refractivity (Wildman–Crippen MR) is 61.6 cm³/mol. The van der Waals surface area contributed by atoms with Gasteiger partial charge in [-0.2, -0.15) is 0 Å². The number of rotatable bonds is 1. The van der Waals surface area contributed by atoms with Crippen LogP contribution in [0, 0.1) is 0 Å². The number of nitrogens with one attached hydrogen (secondary N) is 1. The lowest BCUT2D eigenvalue weighted by molar-refractivity contribution is 0.0402. The standard InChI is InChI=1S/C13H17NO/c1-11-7-8-14-10-13(15,9-11)12-5-3-2-4-6-12/h2-7,14-15H,8-10H2,1H3/t13-/m1/s1. The van der Waals surface area contributed by atoms with Crippen molar-refractivity contribution < 1.29 is 5.11 Å². The van der Waals surface area contributed by atoms with Crippen molar-refractivity contribution in [3.05, 3.63) is 47.5 Å². The second-order valence-corrected chi connectivity index (χ2v) is 4.26. The van der Waals surface area contributed by atoms with Crippen LogP contribution in [-0.2, 0) is 5.60 Å². The fourth-order valence-corrected chi connectivity index (χ4v) is 2.07. The van der Waals surface area contributed by atoms with Crippen molar-refractivity contribution in [2.45, 2.75) is 18.9 Å². The average molecular weight is 203 g/mol. The van der Waals surface area contributed by atoms with Crippen molar-refractivity contribution in [1.82, 2.24) is 5.32 Å². The molecule has 1 heterocycles. The van der Waals surface area contributed by atoms with Gasteiger partial charge in [0.1, 0.15) is 5.60 Å². The molecule has 0 saturated carbocycles. The zero-order chi connectivity index (χ0) is 10.7. The Hall–Kier alpha value is -1.12. The van der Waals surface area contributed by atoms with Crippen LogP contribution in [0.4, 0.5) is 0 Å². The van der Waals surface area contributed by atoms with E-state index in [1.807, 2.05) is 30.3 Å². The third-order valence-electron chi connectivity index (χ3n) is 2.89. The summed E-state index contributed by atoms with van der Waals surface area (Å²) in [6.45, 7) is 3.53. The van der Waals surface area contributed by atoms with E-state index in [1.165, 1.54) is 5.57 Å². The van der Waals surface area contributed by atoms with E-state index in [-0.39, 0.29) is 0 Å². The molecule has 1 atom stereocenters. The zero-order valence-electron chi connectivity index (χ0n) is 9.03. The summed E-state index contributed by atoms with van der Waals surface area (Å²) in [5.74, 6) is 0. The van der Waals surface area contributed by atoms with Gasteiger partial charge in [0.2, 0.25) is 0 Å². The molecule has 1 aromatic carbocycles. The molecule has 0 aliphatic carbocycles. The Morgan fingerprint density at radius 3 is 2.73 bits per heavy atom. The lowest BCUT2D eigenvalue weighted by Crippen LogP contribution is -2.36. The molecule has 1 aliphatic rings. The fourth-order valence-electron chi connectivity index (χ4n) is 2.07. The SMILES string of the molecule is CC1=CCNC[C@@](O)(c2ccccc2)C1. The van der Waals surface area contributed by atoms with E-state index in [0.717, 1.165) is 12.1 Å². The van der Waals surface area contributed by atoms with Gasteiger partial charge in [0.25, 0.3) is 0 Å². The minimum Gasteiger partial charge on any atom is -0.383 e. The van der Waals surface area contributed by atoms with Gasteiger partial charge in [-0.3, -0.25) is 0 Å². The maximum absolute atomic E-state index is 10.6. The number of hydrogen-bond donors (Lipinski definition) is 2. The van der Waals surface area contributed by atoms with Crippen LogP contribution in [0.5, 0.6) is 0 Å². The molecule has 0 radical (unpaired) electrons. The molecular formula is C13H17NO. The van der Waals surface area contributed by atoms with Gasteiger partial charge in [0, 0.05) is 19.5 Å². The highest BCUT2D eigenvalue weighted by molar-refractivity contribution is 5.26. The molecule has 0 fully saturated rings. The van der Waals surface area contributed by atoms with Crippen molar-refractivity contribution in [3.63, 3.8) is 0 Å². The number of benzene rings is 1. The maximum Gasteiger partial charge on any atom is 0.106 e. The van der Waals surface area contributed by atoms with E-state index in [0.29, 0.717) is 13.0 Å². The smallest absolute Gasteiger partial charge is 0.106 e. The Balaban J connectivity index is 2.29. The quantitative estimate of drug-likeness (QED) is 0.682. The number of hydrogen-bond acceptors (Lipinski definition) is 2. The van der Waals surface area contributed by atoms with Crippen molar-refractivity contribution in [1.29, 1.82) is 0 Å². The van der Waals surface area contributed by atoms with Crippen LogP contribution < -0.4 is 5.32 Å². The van der Waals surface area contributed by atoms with Crippen LogP contribution in [0.25, 0.3) is 0 Å². The van der Waals surface area contributed by atoms with Gasteiger partial charge in [-0.1, -0.05) is 42.0 Å². The van der Waals surface area contributed by atoms with Crippen molar-refractivity contribution in [3.8, 4) is 0 Å². The van der Waals surface area contributed by atoms with Crippen LogP contribution in [0.1, 0.15) is 18.9 Å². The Morgan fingerprint density at radius 2 is 2.00 bits per heavy atom. The molecule has 2 N–H and O–H groups in total. The van der Waals surface area contributed by atoms with Crippen molar-refractivity contribution in [2.24, 2.45) is 0 Å². The molecule has 1 aliphatic heterocycles. The summed E-state index contributed by atoms with van der Waals surface area (Å²) in [6, 6.07) is 9.88. The van der Waals surface area contributed by atoms with Gasteiger partial charge in [-0.05, 0) is 12.5 Å². The van der Waals surface area contributed by atoms with Gasteiger partial charge in [-0.25, -0.2) is 0 Å². The van der Waals surface area contributed by atoms with Gasteiger partial charge in [0.05, 0.1) is 0 Å². The largest absolute Gasteiger partial charge is 0.383 e. The van der Waals surface area contributed by atoms with E-state index in [4.69, 9.17) is 0 Å². The molecule has 2 heteroatoms. The first-order chi connectivity index (χ1) is 7.21. The summed E-state index contributed by atoms with van der Waals surface area (Å²) < 4.78 is 0. The summed E-state index contributed by atoms with van der Waals surface area (Å²) in [4.78, 5) is 0. The summed E-state index contributed by atoms with van der Waals surface area (Å²) in [5, 5.41) is 13.8. The molecule has 2 nitrogen and oxygen atoms in total. The molecule has 0 aromatic heterocycles. The Kier molecular flexibility index (Phi) is 2.89. The molecule has 0 spiro atoms. The van der Waals surface area contributed by atoms with Gasteiger partial charge in [0.15, 0.2) is 0 Å². The highest BCUT2D eigenvalue weighted by atomic mass is 16.3. The molecule has 1 aromatic rings. The molecule has 2 rings (SSSR count). The van der Waals surface area contributed by atoms with E-state index in [2.05, 4.69) is 18.3 Å². The number of β-amino-alcohol motifs (C(OH)–C–C–N with tert-alkyl or cyclic N) is 1. The minimum atomic E-state index is -0.752. The first-order valence-electron chi connectivity index (χ1n) is 5.35. The second kappa shape index (κ2) is 4.17. The van der Waals surface area contributed by atoms with Crippen LogP contribution in [0.15, 0.2) is 42.0 Å². The molecule has 0 amide bonds. The third-order valence-corrected chi connectivity index (χ3v) is 2.89. The highest BCUT2D eigenvalue weighted by Crippen LogP contribution is 2.28. The van der Waals surface area contributed by atoms with E-state index >= 15 is 0 Å². The van der Waals surface area contributed by atoms with E-state index in [1.54, 1.807) is 0 Å². The summed E-state index contributed by atoms with van der Waals surface area (Å²) in [5.41, 5.74) is 1.48. The Morgan fingerprint density at radius 1 is 1.27 bits per heavy atom. The molecular weight excluding hydrogens is 186 g/mol. The lowest BCUT2D eigenvalue weighted by atomic mass is 9.88. The summed E-state index contributed by atoms with van der Waals surface area (Å²) in [7, 11) is 0. The topological polar surface area (TPSA) is 32.3 Å². The fraction of sp³-hybridized carbons (Fsp3) is 0.385. The normalized spacial score (nSPS) is 26.9. The molecule has 0 saturated heterocycles. The first-order valence-corrected chi connectivity index (χ1v) is 5.35. The number of aliphatic hydroxyl groups is 1. The monoisotopic (exact) mass is 203 g/mol. The summed E-state index contributed by atoms with van der Waals surface area (Å²) in [6.07, 6.45) is 2.85. The predicted octanol–water partition coefficient (Wildman–Crippen LogP) is 1.81. The summed E-state index contributed by atoms with van der Waals surface area (Å²) >= 11 is 0. The van der Waals surface area contributed by atoms with Crippen molar-refractivity contribution >= 4 is 0 Å². The van der Waals surface area contributed by atoms with Crippen molar-refractivity contribution in [2.75, 3.05) is 13.1 Å². The van der Waals surface area contributed by atoms with Gasteiger partial charge < -0.3 is 10.4 Å². The van der Waals surface area contributed by atoms with E-state index < -0.39 is 5.60 Å². The Labute approximate surface area is 90.6 Å². The molecule has 15 heavy (non-hydrogen) atoms. The molecule has 0 bridgehead atoms. The molecule has 0 unspecified atom stereocenters. The van der Waals surface area contributed by atoms with Crippen LogP contribution in [0.2, 0.25) is 0 Å². The Bertz CT molecular complexity index is 358. The van der Waals surface area contributed by atoms with Crippen LogP contribution in [-0.4, -0.2) is 18.2 Å². The van der Waals surface area contributed by atoms with E-state index in [9.17, 15) is 5.11 Å². The highest BCUT2D eigenvalue weighted by Gasteiger charge is 2.29. The lowest BCUT2D eigenvalue weighted by Gasteiger charge is -2.27. The second-order valence-electron chi connectivity index (χ2n) is 4.26. The van der Waals surface area contributed by atoms with Gasteiger partial charge in [-0.15, -0.1) is 0 Å². The average Bonchev–Trinajstić information content (AvgIpc) is 2.42.